The lowest BCUT2D eigenvalue weighted by molar-refractivity contribution is 0.107. The summed E-state index contributed by atoms with van der Waals surface area (Å²) in [6.07, 6.45) is 2.69. The van der Waals surface area contributed by atoms with Crippen LogP contribution in [0.2, 0.25) is 0 Å². The molecule has 0 bridgehead atoms. The number of aliphatic hydroxyl groups is 1. The predicted molar refractivity (Wildman–Crippen MR) is 126 cm³/mol. The van der Waals surface area contributed by atoms with Crippen LogP contribution in [0.4, 0.5) is 5.69 Å². The molecule has 3 aromatic rings. The number of hydrogen-bond donors (Lipinski definition) is 1. The highest BCUT2D eigenvalue weighted by Crippen LogP contribution is 2.31. The van der Waals surface area contributed by atoms with E-state index < -0.39 is 16.1 Å². The Balaban J connectivity index is 1.72. The first-order valence-corrected chi connectivity index (χ1v) is 12.4. The molecule has 3 aromatic carbocycles. The Kier molecular flexibility index (Phi) is 6.60. The summed E-state index contributed by atoms with van der Waals surface area (Å²) >= 11 is 0. The Labute approximate surface area is 185 Å². The van der Waals surface area contributed by atoms with Crippen LogP contribution < -0.4 is 4.31 Å². The van der Waals surface area contributed by atoms with Crippen molar-refractivity contribution in [2.75, 3.05) is 30.5 Å². The number of benzene rings is 3. The summed E-state index contributed by atoms with van der Waals surface area (Å²) in [6.45, 7) is 4.33. The third-order valence-electron chi connectivity index (χ3n) is 5.94. The Morgan fingerprint density at radius 1 is 0.935 bits per heavy atom. The zero-order valence-electron chi connectivity index (χ0n) is 17.9. The van der Waals surface area contributed by atoms with Crippen molar-refractivity contribution in [1.82, 2.24) is 4.90 Å². The number of anilines is 1. The van der Waals surface area contributed by atoms with Crippen molar-refractivity contribution in [3.05, 3.63) is 72.3 Å². The minimum absolute atomic E-state index is 0.0146. The van der Waals surface area contributed by atoms with Gasteiger partial charge in [0.05, 0.1) is 23.2 Å². The molecule has 4 rings (SSSR count). The quantitative estimate of drug-likeness (QED) is 0.601. The van der Waals surface area contributed by atoms with Gasteiger partial charge in [-0.1, -0.05) is 60.5 Å². The van der Waals surface area contributed by atoms with E-state index in [1.165, 1.54) is 10.7 Å². The summed E-state index contributed by atoms with van der Waals surface area (Å²) in [4.78, 5) is 2.46. The standard InChI is InChI=1S/C25H30N2O3S/c1-20-12-14-23(15-13-20)31(29,30)27(19-22(28)18-26-16-5-2-6-17-26)25-11-7-9-21-8-3-4-10-24(21)25/h3-4,7-15,22,28H,2,5-6,16-19H2,1H3/t22-/m1/s1. The molecule has 0 unspecified atom stereocenters. The second kappa shape index (κ2) is 9.39. The molecule has 1 saturated heterocycles. The van der Waals surface area contributed by atoms with Gasteiger partial charge in [0.1, 0.15) is 0 Å². The van der Waals surface area contributed by atoms with Crippen LogP contribution in [0, 0.1) is 6.92 Å². The number of sulfonamides is 1. The molecule has 0 radical (unpaired) electrons. The van der Waals surface area contributed by atoms with E-state index in [1.54, 1.807) is 24.3 Å². The largest absolute Gasteiger partial charge is 0.390 e. The zero-order valence-corrected chi connectivity index (χ0v) is 18.8. The number of piperidine rings is 1. The summed E-state index contributed by atoms with van der Waals surface area (Å²) in [6, 6.07) is 20.3. The molecule has 31 heavy (non-hydrogen) atoms. The smallest absolute Gasteiger partial charge is 0.264 e. The number of aliphatic hydroxyl groups excluding tert-OH is 1. The maximum atomic E-state index is 13.7. The van der Waals surface area contributed by atoms with Crippen molar-refractivity contribution < 1.29 is 13.5 Å². The number of hydrogen-bond acceptors (Lipinski definition) is 4. The third-order valence-corrected chi connectivity index (χ3v) is 7.73. The van der Waals surface area contributed by atoms with Crippen LogP contribution in [-0.4, -0.2) is 50.7 Å². The average Bonchev–Trinajstić information content (AvgIpc) is 2.78. The molecule has 1 aliphatic rings. The monoisotopic (exact) mass is 438 g/mol. The zero-order chi connectivity index (χ0) is 21.8. The van der Waals surface area contributed by atoms with Crippen molar-refractivity contribution in [1.29, 1.82) is 0 Å². The van der Waals surface area contributed by atoms with Gasteiger partial charge >= 0.3 is 0 Å². The molecule has 0 saturated carbocycles. The molecule has 0 amide bonds. The Morgan fingerprint density at radius 2 is 1.61 bits per heavy atom. The first kappa shape index (κ1) is 21.8. The van der Waals surface area contributed by atoms with E-state index in [4.69, 9.17) is 0 Å². The molecule has 0 aliphatic carbocycles. The van der Waals surface area contributed by atoms with Gasteiger partial charge in [0.25, 0.3) is 10.0 Å². The van der Waals surface area contributed by atoms with Gasteiger partial charge in [0, 0.05) is 11.9 Å². The molecule has 0 spiro atoms. The minimum Gasteiger partial charge on any atom is -0.390 e. The Hall–Kier alpha value is -2.41. The topological polar surface area (TPSA) is 60.9 Å². The van der Waals surface area contributed by atoms with Crippen molar-refractivity contribution in [3.63, 3.8) is 0 Å². The number of aryl methyl sites for hydroxylation is 1. The molecular formula is C25H30N2O3S. The van der Waals surface area contributed by atoms with Crippen LogP contribution in [0.25, 0.3) is 10.8 Å². The van der Waals surface area contributed by atoms with Gasteiger partial charge in [-0.15, -0.1) is 0 Å². The van der Waals surface area contributed by atoms with Crippen molar-refractivity contribution in [2.24, 2.45) is 0 Å². The van der Waals surface area contributed by atoms with E-state index in [0.29, 0.717) is 12.2 Å². The SMILES string of the molecule is Cc1ccc(S(=O)(=O)N(C[C@H](O)CN2CCCCC2)c2cccc3ccccc23)cc1. The van der Waals surface area contributed by atoms with E-state index >= 15 is 0 Å². The van der Waals surface area contributed by atoms with Gasteiger partial charge in [-0.05, 0) is 56.4 Å². The molecule has 1 N–H and O–H groups in total. The Bertz CT molecular complexity index is 1120. The fourth-order valence-electron chi connectivity index (χ4n) is 4.28. The Morgan fingerprint density at radius 3 is 2.35 bits per heavy atom. The van der Waals surface area contributed by atoms with Crippen LogP contribution >= 0.6 is 0 Å². The van der Waals surface area contributed by atoms with Crippen LogP contribution in [-0.2, 0) is 10.0 Å². The van der Waals surface area contributed by atoms with Gasteiger partial charge in [0.15, 0.2) is 0 Å². The molecule has 5 nitrogen and oxygen atoms in total. The maximum absolute atomic E-state index is 13.7. The van der Waals surface area contributed by atoms with E-state index in [0.717, 1.165) is 42.3 Å². The van der Waals surface area contributed by atoms with Crippen LogP contribution in [0.1, 0.15) is 24.8 Å². The summed E-state index contributed by atoms with van der Waals surface area (Å²) < 4.78 is 28.8. The van der Waals surface area contributed by atoms with E-state index in [9.17, 15) is 13.5 Å². The van der Waals surface area contributed by atoms with Gasteiger partial charge in [-0.2, -0.15) is 0 Å². The van der Waals surface area contributed by atoms with Gasteiger partial charge in [-0.25, -0.2) is 8.42 Å². The molecule has 1 heterocycles. The first-order chi connectivity index (χ1) is 14.9. The van der Waals surface area contributed by atoms with Crippen LogP contribution in [0.3, 0.4) is 0 Å². The van der Waals surface area contributed by atoms with Gasteiger partial charge in [0.2, 0.25) is 0 Å². The lowest BCUT2D eigenvalue weighted by atomic mass is 10.1. The number of likely N-dealkylation sites (tertiary alicyclic amines) is 1. The predicted octanol–water partition coefficient (Wildman–Crippen LogP) is 4.19. The lowest BCUT2D eigenvalue weighted by Crippen LogP contribution is -2.44. The average molecular weight is 439 g/mol. The number of nitrogens with zero attached hydrogens (tertiary/aromatic N) is 2. The molecule has 1 atom stereocenters. The molecule has 164 valence electrons. The van der Waals surface area contributed by atoms with Crippen molar-refractivity contribution in [2.45, 2.75) is 37.2 Å². The fourth-order valence-corrected chi connectivity index (χ4v) is 5.80. The van der Waals surface area contributed by atoms with E-state index in [-0.39, 0.29) is 11.4 Å². The normalized spacial score (nSPS) is 16.3. The van der Waals surface area contributed by atoms with Crippen molar-refractivity contribution >= 4 is 26.5 Å². The summed E-state index contributed by atoms with van der Waals surface area (Å²) in [5.41, 5.74) is 1.59. The van der Waals surface area contributed by atoms with Crippen LogP contribution in [0.15, 0.2) is 71.6 Å². The number of rotatable bonds is 7. The highest BCUT2D eigenvalue weighted by atomic mass is 32.2. The van der Waals surface area contributed by atoms with Crippen LogP contribution in [0.5, 0.6) is 0 Å². The maximum Gasteiger partial charge on any atom is 0.264 e. The van der Waals surface area contributed by atoms with Gasteiger partial charge in [-0.3, -0.25) is 4.31 Å². The first-order valence-electron chi connectivity index (χ1n) is 10.9. The molecule has 1 aliphatic heterocycles. The minimum atomic E-state index is -3.84. The molecule has 6 heteroatoms. The van der Waals surface area contributed by atoms with E-state index in [2.05, 4.69) is 4.90 Å². The van der Waals surface area contributed by atoms with Gasteiger partial charge < -0.3 is 10.0 Å². The molecule has 1 fully saturated rings. The summed E-state index contributed by atoms with van der Waals surface area (Å²) in [7, 11) is -3.84. The molecular weight excluding hydrogens is 408 g/mol. The second-order valence-electron chi connectivity index (χ2n) is 8.36. The van der Waals surface area contributed by atoms with Crippen molar-refractivity contribution in [3.8, 4) is 0 Å². The second-order valence-corrected chi connectivity index (χ2v) is 10.2. The highest BCUT2D eigenvalue weighted by molar-refractivity contribution is 7.92. The summed E-state index contributed by atoms with van der Waals surface area (Å²) in [5.74, 6) is 0. The third kappa shape index (κ3) is 4.92. The molecule has 0 aromatic heterocycles. The van der Waals surface area contributed by atoms with E-state index in [1.807, 2.05) is 49.4 Å². The number of β-amino-alcohol motifs (C(OH)–C–C–N with tert-alkyl or cyclic N) is 1. The summed E-state index contributed by atoms with van der Waals surface area (Å²) in [5, 5.41) is 12.7. The highest BCUT2D eigenvalue weighted by Gasteiger charge is 2.29. The number of fused-ring (bicyclic) bond motifs is 1. The lowest BCUT2D eigenvalue weighted by Gasteiger charge is -2.32. The fraction of sp³-hybridized carbons (Fsp3) is 0.360.